The smallest absolute Gasteiger partial charge is 0.334 e. The number of H-pyrrole nitrogens is 2. The lowest BCUT2D eigenvalue weighted by Gasteiger charge is -2.10. The summed E-state index contributed by atoms with van der Waals surface area (Å²) < 4.78 is 23.1. The third-order valence-electron chi connectivity index (χ3n) is 9.57. The highest BCUT2D eigenvalue weighted by molar-refractivity contribution is 5.98. The first-order valence-corrected chi connectivity index (χ1v) is 20.7. The van der Waals surface area contributed by atoms with Crippen molar-refractivity contribution < 1.29 is 38.1 Å². The molecule has 2 aromatic carbocycles. The first kappa shape index (κ1) is 45.5. The van der Waals surface area contributed by atoms with Crippen molar-refractivity contribution in [1.29, 1.82) is 0 Å². The summed E-state index contributed by atoms with van der Waals surface area (Å²) in [5.74, 6) is -2.05. The Hall–Kier alpha value is -7.06. The van der Waals surface area contributed by atoms with Gasteiger partial charge < -0.3 is 39.5 Å². The van der Waals surface area contributed by atoms with E-state index in [1.165, 1.54) is 9.13 Å². The van der Waals surface area contributed by atoms with Gasteiger partial charge in [-0.1, -0.05) is 100 Å². The Kier molecular flexibility index (Phi) is 16.4. The second kappa shape index (κ2) is 22.7. The van der Waals surface area contributed by atoms with E-state index >= 15 is 0 Å². The highest BCUT2D eigenvalue weighted by Crippen LogP contribution is 2.21. The molecule has 0 fully saturated rings. The molecule has 0 bridgehead atoms. The molecule has 4 aromatic heterocycles. The van der Waals surface area contributed by atoms with E-state index in [0.29, 0.717) is 35.8 Å². The lowest BCUT2D eigenvalue weighted by Crippen LogP contribution is -2.25. The van der Waals surface area contributed by atoms with Crippen molar-refractivity contribution in [3.8, 4) is 0 Å². The average molecular weight is 867 g/mol. The lowest BCUT2D eigenvalue weighted by molar-refractivity contribution is -0.172. The Morgan fingerprint density at radius 3 is 1.38 bits per heavy atom. The maximum Gasteiger partial charge on any atom is 0.334 e. The Morgan fingerprint density at radius 1 is 0.571 bits per heavy atom. The molecule has 4 N–H and O–H groups in total. The summed E-state index contributed by atoms with van der Waals surface area (Å²) in [7, 11) is 0. The number of amides is 2. The van der Waals surface area contributed by atoms with Crippen LogP contribution < -0.4 is 22.0 Å². The number of nitrogens with zero attached hydrogens (tertiary/aromatic N) is 6. The van der Waals surface area contributed by atoms with Gasteiger partial charge in [0.1, 0.15) is 49.1 Å². The number of aromatic amines is 2. The van der Waals surface area contributed by atoms with Crippen molar-refractivity contribution in [2.24, 2.45) is 0 Å². The lowest BCUT2D eigenvalue weighted by atomic mass is 10.2. The van der Waals surface area contributed by atoms with Gasteiger partial charge in [0.05, 0.1) is 13.1 Å². The molecule has 0 saturated heterocycles. The SMILES string of the molecule is CCCCCc1nc(NC(=O)COCC(=O)OCOC(=O)COCC(=O)Nc2nc(CCCCC)nc3c2[nH]c(=O)n3Cc2ccccc2)c2[nH]c(=O)n(Cc3ccccc3)c2n1. The molecule has 0 aliphatic rings. The molecule has 332 valence electrons. The van der Waals surface area contributed by atoms with Gasteiger partial charge >= 0.3 is 23.3 Å². The molecule has 0 unspecified atom stereocenters. The fourth-order valence-electron chi connectivity index (χ4n) is 6.48. The zero-order valence-electron chi connectivity index (χ0n) is 35.1. The van der Waals surface area contributed by atoms with Gasteiger partial charge in [0, 0.05) is 12.8 Å². The Bertz CT molecular complexity index is 2440. The van der Waals surface area contributed by atoms with E-state index in [1.807, 2.05) is 60.7 Å². The summed E-state index contributed by atoms with van der Waals surface area (Å²) in [5.41, 5.74) is 2.12. The number of benzene rings is 2. The molecule has 63 heavy (non-hydrogen) atoms. The van der Waals surface area contributed by atoms with Gasteiger partial charge in [-0.15, -0.1) is 0 Å². The van der Waals surface area contributed by atoms with Crippen LogP contribution in [0.4, 0.5) is 11.6 Å². The quantitative estimate of drug-likeness (QED) is 0.0384. The van der Waals surface area contributed by atoms with E-state index in [2.05, 4.69) is 54.4 Å². The minimum absolute atomic E-state index is 0.0991. The molecule has 0 spiro atoms. The molecular formula is C43H50N10O10. The summed E-state index contributed by atoms with van der Waals surface area (Å²) in [6, 6.07) is 18.8. The molecule has 0 aliphatic carbocycles. The van der Waals surface area contributed by atoms with Crippen LogP contribution in [0, 0.1) is 0 Å². The number of carbonyl (C=O) groups excluding carboxylic acids is 4. The number of ether oxygens (including phenoxy) is 4. The third kappa shape index (κ3) is 13.0. The number of anilines is 2. The molecule has 0 atom stereocenters. The fourth-order valence-corrected chi connectivity index (χ4v) is 6.48. The van der Waals surface area contributed by atoms with Crippen molar-refractivity contribution in [1.82, 2.24) is 39.0 Å². The van der Waals surface area contributed by atoms with Gasteiger partial charge in [-0.25, -0.2) is 39.1 Å². The Balaban J connectivity index is 0.940. The Labute approximate surface area is 360 Å². The number of fused-ring (bicyclic) bond motifs is 2. The molecule has 6 aromatic rings. The number of hydrogen-bond donors (Lipinski definition) is 4. The first-order chi connectivity index (χ1) is 30.6. The molecule has 20 nitrogen and oxygen atoms in total. The standard InChI is InChI=1S/C43H50N10O10/c1-3-5-9-19-30-44-38(36-40(46-30)52(42(58)50-36)21-28-15-11-7-12-16-28)48-32(54)23-60-25-34(56)62-27-63-35(57)26-61-24-33(55)49-39-37-41(47-31(45-39)20-10-6-4-2)53(43(59)51-37)22-29-17-13-8-14-18-29/h7-8,11-18H,3-6,9-10,19-27H2,1-2H3,(H,50,58)(H,51,59)(H,44,46,48,54)(H,45,47,49,55). The number of aromatic nitrogens is 8. The van der Waals surface area contributed by atoms with Crippen molar-refractivity contribution in [3.63, 3.8) is 0 Å². The van der Waals surface area contributed by atoms with E-state index in [4.69, 9.17) is 18.9 Å². The van der Waals surface area contributed by atoms with E-state index in [0.717, 1.165) is 49.7 Å². The molecule has 6 rings (SSSR count). The van der Waals surface area contributed by atoms with Crippen molar-refractivity contribution in [2.45, 2.75) is 78.3 Å². The molecule has 0 aliphatic heterocycles. The van der Waals surface area contributed by atoms with Crippen molar-refractivity contribution >= 4 is 57.7 Å². The predicted molar refractivity (Wildman–Crippen MR) is 230 cm³/mol. The third-order valence-corrected chi connectivity index (χ3v) is 9.57. The summed E-state index contributed by atoms with van der Waals surface area (Å²) in [6.45, 7) is 1.47. The van der Waals surface area contributed by atoms with E-state index < -0.39 is 68.4 Å². The zero-order valence-corrected chi connectivity index (χ0v) is 35.1. The number of hydrogen-bond acceptors (Lipinski definition) is 14. The molecule has 4 heterocycles. The second-order valence-corrected chi connectivity index (χ2v) is 14.5. The first-order valence-electron chi connectivity index (χ1n) is 20.7. The molecule has 0 saturated carbocycles. The van der Waals surface area contributed by atoms with Crippen LogP contribution >= 0.6 is 0 Å². The number of unbranched alkanes of at least 4 members (excludes halogenated alkanes) is 4. The number of esters is 2. The molecule has 20 heteroatoms. The number of carbonyl (C=O) groups is 4. The van der Waals surface area contributed by atoms with Gasteiger partial charge in [-0.05, 0) is 24.0 Å². The zero-order chi connectivity index (χ0) is 44.6. The van der Waals surface area contributed by atoms with Crippen molar-refractivity contribution in [3.05, 3.63) is 104 Å². The van der Waals surface area contributed by atoms with Gasteiger partial charge in [-0.3, -0.25) is 18.7 Å². The van der Waals surface area contributed by atoms with Gasteiger partial charge in [0.25, 0.3) is 11.8 Å². The minimum Gasteiger partial charge on any atom is -0.426 e. The number of imidazole rings is 2. The van der Waals surface area contributed by atoms with Gasteiger partial charge in [0.2, 0.25) is 6.79 Å². The van der Waals surface area contributed by atoms with E-state index in [-0.39, 0.29) is 35.8 Å². The average Bonchev–Trinajstić information content (AvgIpc) is 3.75. The van der Waals surface area contributed by atoms with Crippen molar-refractivity contribution in [2.75, 3.05) is 43.9 Å². The maximum absolute atomic E-state index is 13.0. The predicted octanol–water partition coefficient (Wildman–Crippen LogP) is 3.77. The monoisotopic (exact) mass is 866 g/mol. The topological polar surface area (TPSA) is 256 Å². The summed E-state index contributed by atoms with van der Waals surface area (Å²) in [5, 5.41) is 5.28. The second-order valence-electron chi connectivity index (χ2n) is 14.5. The van der Waals surface area contributed by atoms with Crippen LogP contribution in [0.3, 0.4) is 0 Å². The number of nitrogens with one attached hydrogen (secondary N) is 4. The molecule has 0 radical (unpaired) electrons. The van der Waals surface area contributed by atoms with Crippen LogP contribution in [0.25, 0.3) is 22.3 Å². The summed E-state index contributed by atoms with van der Waals surface area (Å²) in [4.78, 5) is 99.9. The fraction of sp³-hybridized carbons (Fsp3) is 0.395. The van der Waals surface area contributed by atoms with Crippen LogP contribution in [0.1, 0.15) is 75.1 Å². The van der Waals surface area contributed by atoms with Crippen LogP contribution in [0.5, 0.6) is 0 Å². The Morgan fingerprint density at radius 2 is 0.984 bits per heavy atom. The normalized spacial score (nSPS) is 11.2. The van der Waals surface area contributed by atoms with Gasteiger partial charge in [-0.2, -0.15) is 0 Å². The highest BCUT2D eigenvalue weighted by Gasteiger charge is 2.20. The van der Waals surface area contributed by atoms with Gasteiger partial charge in [0.15, 0.2) is 22.9 Å². The van der Waals surface area contributed by atoms with Crippen LogP contribution in [-0.4, -0.2) is 96.0 Å². The summed E-state index contributed by atoms with van der Waals surface area (Å²) in [6.07, 6.45) is 6.59. The van der Waals surface area contributed by atoms with Crippen LogP contribution in [0.15, 0.2) is 70.3 Å². The summed E-state index contributed by atoms with van der Waals surface area (Å²) >= 11 is 0. The number of rotatable bonds is 24. The van der Waals surface area contributed by atoms with E-state index in [9.17, 15) is 28.8 Å². The minimum atomic E-state index is -0.929. The highest BCUT2D eigenvalue weighted by atomic mass is 16.7. The van der Waals surface area contributed by atoms with Crippen LogP contribution in [0.2, 0.25) is 0 Å². The van der Waals surface area contributed by atoms with E-state index in [1.54, 1.807) is 0 Å². The number of aryl methyl sites for hydroxylation is 2. The van der Waals surface area contributed by atoms with Crippen LogP contribution in [-0.2, 0) is 64.1 Å². The maximum atomic E-state index is 13.0. The largest absolute Gasteiger partial charge is 0.426 e. The molecular weight excluding hydrogens is 817 g/mol. The molecule has 2 amide bonds.